The monoisotopic (exact) mass is 251 g/mol. The number of aliphatic hydroxyl groups excluding tert-OH is 1. The summed E-state index contributed by atoms with van der Waals surface area (Å²) in [6, 6.07) is 7.17. The normalized spacial score (nSPS) is 10.7. The number of rotatable bonds is 6. The Kier molecular flexibility index (Phi) is 5.61. The molecule has 0 radical (unpaired) electrons. The first kappa shape index (κ1) is 14.5. The van der Waals surface area contributed by atoms with Crippen molar-refractivity contribution in [1.29, 1.82) is 0 Å². The summed E-state index contributed by atoms with van der Waals surface area (Å²) in [6.07, 6.45) is 0. The summed E-state index contributed by atoms with van der Waals surface area (Å²) in [5, 5.41) is 8.89. The fourth-order valence-electron chi connectivity index (χ4n) is 1.63. The summed E-state index contributed by atoms with van der Waals surface area (Å²) in [5.74, 6) is -0.00456. The predicted octanol–water partition coefficient (Wildman–Crippen LogP) is 0.546. The number of hydrogen-bond donors (Lipinski definition) is 2. The number of nitrogen functional groups attached to an aromatic ring is 1. The standard InChI is InChI=1S/C13H21N3O2/c1-3-16(8-9-17)10-13(18)15(2)12-6-4-11(14)5-7-12/h4-7,17H,3,8-10,14H2,1-2H3. The zero-order valence-electron chi connectivity index (χ0n) is 11.0. The molecule has 1 aromatic rings. The molecule has 5 nitrogen and oxygen atoms in total. The molecule has 0 fully saturated rings. The quantitative estimate of drug-likeness (QED) is 0.724. The highest BCUT2D eigenvalue weighted by atomic mass is 16.3. The highest BCUT2D eigenvalue weighted by Gasteiger charge is 2.14. The van der Waals surface area contributed by atoms with Gasteiger partial charge in [0.15, 0.2) is 0 Å². The molecule has 0 unspecified atom stereocenters. The van der Waals surface area contributed by atoms with Crippen molar-refractivity contribution >= 4 is 17.3 Å². The van der Waals surface area contributed by atoms with E-state index in [1.165, 1.54) is 0 Å². The molecule has 1 amide bonds. The maximum Gasteiger partial charge on any atom is 0.240 e. The molecule has 18 heavy (non-hydrogen) atoms. The van der Waals surface area contributed by atoms with Gasteiger partial charge in [-0.25, -0.2) is 0 Å². The van der Waals surface area contributed by atoms with E-state index in [1.54, 1.807) is 24.1 Å². The van der Waals surface area contributed by atoms with E-state index in [-0.39, 0.29) is 12.5 Å². The minimum atomic E-state index is -0.00456. The van der Waals surface area contributed by atoms with Gasteiger partial charge in [-0.3, -0.25) is 9.69 Å². The number of hydrogen-bond acceptors (Lipinski definition) is 4. The first-order valence-corrected chi connectivity index (χ1v) is 6.03. The molecule has 0 aliphatic heterocycles. The van der Waals surface area contributed by atoms with Gasteiger partial charge in [-0.1, -0.05) is 6.92 Å². The van der Waals surface area contributed by atoms with Gasteiger partial charge in [0.05, 0.1) is 13.2 Å². The maximum absolute atomic E-state index is 12.0. The van der Waals surface area contributed by atoms with Crippen LogP contribution in [-0.2, 0) is 4.79 Å². The molecule has 1 aromatic carbocycles. The van der Waals surface area contributed by atoms with Crippen LogP contribution in [0.1, 0.15) is 6.92 Å². The van der Waals surface area contributed by atoms with Crippen molar-refractivity contribution in [3.8, 4) is 0 Å². The summed E-state index contributed by atoms with van der Waals surface area (Å²) < 4.78 is 0. The number of carbonyl (C=O) groups excluding carboxylic acids is 1. The molecule has 3 N–H and O–H groups in total. The topological polar surface area (TPSA) is 69.8 Å². The third-order valence-electron chi connectivity index (χ3n) is 2.88. The lowest BCUT2D eigenvalue weighted by atomic mass is 10.2. The van der Waals surface area contributed by atoms with Crippen LogP contribution in [0.15, 0.2) is 24.3 Å². The van der Waals surface area contributed by atoms with Crippen molar-refractivity contribution in [2.24, 2.45) is 0 Å². The van der Waals surface area contributed by atoms with E-state index in [4.69, 9.17) is 10.8 Å². The highest BCUT2D eigenvalue weighted by Crippen LogP contribution is 2.15. The van der Waals surface area contributed by atoms with Crippen molar-refractivity contribution in [2.75, 3.05) is 43.9 Å². The van der Waals surface area contributed by atoms with E-state index in [0.29, 0.717) is 18.8 Å². The Balaban J connectivity index is 2.63. The number of benzene rings is 1. The summed E-state index contributed by atoms with van der Waals surface area (Å²) in [5.41, 5.74) is 7.10. The van der Waals surface area contributed by atoms with Gasteiger partial charge >= 0.3 is 0 Å². The van der Waals surface area contributed by atoms with Crippen LogP contribution in [-0.4, -0.2) is 49.2 Å². The van der Waals surface area contributed by atoms with Gasteiger partial charge in [-0.2, -0.15) is 0 Å². The van der Waals surface area contributed by atoms with Gasteiger partial charge in [-0.05, 0) is 30.8 Å². The molecule has 0 atom stereocenters. The second-order valence-corrected chi connectivity index (χ2v) is 4.14. The third-order valence-corrected chi connectivity index (χ3v) is 2.88. The van der Waals surface area contributed by atoms with Gasteiger partial charge in [-0.15, -0.1) is 0 Å². The lowest BCUT2D eigenvalue weighted by Crippen LogP contribution is -2.39. The molecule has 5 heteroatoms. The molecule has 0 heterocycles. The summed E-state index contributed by atoms with van der Waals surface area (Å²) in [7, 11) is 1.74. The van der Waals surface area contributed by atoms with E-state index in [0.717, 1.165) is 12.2 Å². The predicted molar refractivity (Wildman–Crippen MR) is 73.5 cm³/mol. The highest BCUT2D eigenvalue weighted by molar-refractivity contribution is 5.94. The molecular weight excluding hydrogens is 230 g/mol. The zero-order chi connectivity index (χ0) is 13.5. The van der Waals surface area contributed by atoms with E-state index < -0.39 is 0 Å². The largest absolute Gasteiger partial charge is 0.399 e. The van der Waals surface area contributed by atoms with Crippen LogP contribution >= 0.6 is 0 Å². The van der Waals surface area contributed by atoms with Gasteiger partial charge < -0.3 is 15.7 Å². The third kappa shape index (κ3) is 4.01. The molecule has 0 saturated heterocycles. The van der Waals surface area contributed by atoms with E-state index >= 15 is 0 Å². The average molecular weight is 251 g/mol. The van der Waals surface area contributed by atoms with Crippen LogP contribution < -0.4 is 10.6 Å². The Morgan fingerprint density at radius 1 is 1.33 bits per heavy atom. The van der Waals surface area contributed by atoms with Crippen molar-refractivity contribution in [2.45, 2.75) is 6.92 Å². The molecule has 0 spiro atoms. The molecule has 0 aliphatic rings. The summed E-state index contributed by atoms with van der Waals surface area (Å²) in [6.45, 7) is 3.58. The second kappa shape index (κ2) is 6.98. The summed E-state index contributed by atoms with van der Waals surface area (Å²) >= 11 is 0. The van der Waals surface area contributed by atoms with Crippen LogP contribution in [0.3, 0.4) is 0 Å². The Hall–Kier alpha value is -1.59. The number of aliphatic hydroxyl groups is 1. The fraction of sp³-hybridized carbons (Fsp3) is 0.462. The number of nitrogens with two attached hydrogens (primary N) is 1. The lowest BCUT2D eigenvalue weighted by molar-refractivity contribution is -0.119. The number of amides is 1. The first-order chi connectivity index (χ1) is 8.58. The average Bonchev–Trinajstić information content (AvgIpc) is 2.38. The van der Waals surface area contributed by atoms with Gasteiger partial charge in [0.2, 0.25) is 5.91 Å². The van der Waals surface area contributed by atoms with Gasteiger partial charge in [0.1, 0.15) is 0 Å². The Morgan fingerprint density at radius 3 is 2.44 bits per heavy atom. The SMILES string of the molecule is CCN(CCO)CC(=O)N(C)c1ccc(N)cc1. The van der Waals surface area contributed by atoms with Crippen molar-refractivity contribution < 1.29 is 9.90 Å². The Morgan fingerprint density at radius 2 is 1.94 bits per heavy atom. The molecule has 0 aromatic heterocycles. The van der Waals surface area contributed by atoms with Crippen LogP contribution in [0.4, 0.5) is 11.4 Å². The molecule has 0 saturated carbocycles. The maximum atomic E-state index is 12.0. The number of nitrogens with zero attached hydrogens (tertiary/aromatic N) is 2. The lowest BCUT2D eigenvalue weighted by Gasteiger charge is -2.23. The van der Waals surface area contributed by atoms with Gasteiger partial charge in [0, 0.05) is 25.0 Å². The summed E-state index contributed by atoms with van der Waals surface area (Å²) in [4.78, 5) is 15.5. The fourth-order valence-corrected chi connectivity index (χ4v) is 1.63. The van der Waals surface area contributed by atoms with Crippen molar-refractivity contribution in [1.82, 2.24) is 4.90 Å². The number of carbonyl (C=O) groups is 1. The number of anilines is 2. The minimum Gasteiger partial charge on any atom is -0.399 e. The van der Waals surface area contributed by atoms with Crippen molar-refractivity contribution in [3.05, 3.63) is 24.3 Å². The Bertz CT molecular complexity index is 378. The first-order valence-electron chi connectivity index (χ1n) is 6.03. The van der Waals surface area contributed by atoms with Crippen LogP contribution in [0, 0.1) is 0 Å². The van der Waals surface area contributed by atoms with Crippen LogP contribution in [0.25, 0.3) is 0 Å². The smallest absolute Gasteiger partial charge is 0.240 e. The number of likely N-dealkylation sites (N-methyl/N-ethyl adjacent to an activating group) is 2. The zero-order valence-corrected chi connectivity index (χ0v) is 11.0. The van der Waals surface area contributed by atoms with E-state index in [1.807, 2.05) is 24.0 Å². The van der Waals surface area contributed by atoms with Crippen LogP contribution in [0.2, 0.25) is 0 Å². The molecule has 100 valence electrons. The minimum absolute atomic E-state index is 0.00456. The molecule has 1 rings (SSSR count). The van der Waals surface area contributed by atoms with E-state index in [9.17, 15) is 4.79 Å². The molecule has 0 bridgehead atoms. The molecule has 0 aliphatic carbocycles. The molecular formula is C13H21N3O2. The Labute approximate surface area is 108 Å². The second-order valence-electron chi connectivity index (χ2n) is 4.14. The van der Waals surface area contributed by atoms with E-state index in [2.05, 4.69) is 0 Å². The van der Waals surface area contributed by atoms with Gasteiger partial charge in [0.25, 0.3) is 0 Å². The van der Waals surface area contributed by atoms with Crippen LogP contribution in [0.5, 0.6) is 0 Å². The van der Waals surface area contributed by atoms with Crippen molar-refractivity contribution in [3.63, 3.8) is 0 Å².